The van der Waals surface area contributed by atoms with E-state index in [1.54, 1.807) is 32.9 Å². The van der Waals surface area contributed by atoms with Crippen LogP contribution in [0.4, 0.5) is 0 Å². The van der Waals surface area contributed by atoms with Gasteiger partial charge < -0.3 is 37.9 Å². The average Bonchev–Trinajstić information content (AvgIpc) is 3.86. The second kappa shape index (κ2) is 20.0. The maximum absolute atomic E-state index is 14.0. The van der Waals surface area contributed by atoms with E-state index in [2.05, 4.69) is 47.8 Å². The van der Waals surface area contributed by atoms with Crippen LogP contribution >= 0.6 is 47.8 Å². The number of ether oxygens (including phenoxy) is 8. The third kappa shape index (κ3) is 13.6. The molecule has 0 aromatic heterocycles. The van der Waals surface area contributed by atoms with E-state index in [0.717, 1.165) is 4.90 Å². The standard InChI is InChI=1S/C42H58Br3NO17/c1-36(2,3)29(49)57-17-41(11,18-58-30(50)37(4,5)43)34(54)61-21-40(10,33(53)56-16-15-46-27(47)25-23-13-14-24(63-23)26(25)28(46)48)22-62-35(55)42(12,19-59-31(51)38(6,7)44)20-60-32(52)39(8,9)45/h13-14,23-26H,15-22H2,1-12H3/t23?,24?,25-,26-,40?,41?/m0/s1. The van der Waals surface area contributed by atoms with Crippen LogP contribution in [0.25, 0.3) is 0 Å². The van der Waals surface area contributed by atoms with E-state index in [1.165, 1.54) is 62.3 Å². The molecule has 0 aromatic rings. The van der Waals surface area contributed by atoms with Gasteiger partial charge in [0, 0.05) is 0 Å². The number of likely N-dealkylation sites (tertiary alicyclic amines) is 1. The van der Waals surface area contributed by atoms with Crippen molar-refractivity contribution in [2.24, 2.45) is 33.5 Å². The van der Waals surface area contributed by atoms with Gasteiger partial charge in [-0.3, -0.25) is 48.1 Å². The maximum Gasteiger partial charge on any atom is 0.322 e. The molecule has 18 nitrogen and oxygen atoms in total. The Kier molecular flexibility index (Phi) is 17.1. The fourth-order valence-corrected chi connectivity index (χ4v) is 6.24. The summed E-state index contributed by atoms with van der Waals surface area (Å²) in [5.41, 5.74) is -6.68. The lowest BCUT2D eigenvalue weighted by Gasteiger charge is -2.33. The Morgan fingerprint density at radius 2 is 0.746 bits per heavy atom. The van der Waals surface area contributed by atoms with E-state index in [4.69, 9.17) is 37.9 Å². The molecule has 0 saturated carbocycles. The van der Waals surface area contributed by atoms with Gasteiger partial charge in [0.25, 0.3) is 0 Å². The van der Waals surface area contributed by atoms with Crippen LogP contribution in [0, 0.1) is 33.5 Å². The number of carbonyl (C=O) groups is 9. The average molecular weight is 1090 g/mol. The maximum atomic E-state index is 14.0. The monoisotopic (exact) mass is 1090 g/mol. The Balaban J connectivity index is 1.90. The highest BCUT2D eigenvalue weighted by Crippen LogP contribution is 2.45. The summed E-state index contributed by atoms with van der Waals surface area (Å²) in [6.07, 6.45) is 2.38. The molecule has 2 fully saturated rings. The highest BCUT2D eigenvalue weighted by molar-refractivity contribution is 9.10. The van der Waals surface area contributed by atoms with Crippen molar-refractivity contribution < 1.29 is 81.0 Å². The fourth-order valence-electron chi connectivity index (χ4n) is 5.90. The molecule has 2 saturated heterocycles. The number of esters is 7. The predicted molar refractivity (Wildman–Crippen MR) is 231 cm³/mol. The number of imide groups is 1. The quantitative estimate of drug-likeness (QED) is 0.0512. The van der Waals surface area contributed by atoms with Crippen LogP contribution < -0.4 is 0 Å². The summed E-state index contributed by atoms with van der Waals surface area (Å²) in [4.78, 5) is 120. The second-order valence-corrected chi connectivity index (χ2v) is 25.2. The lowest BCUT2D eigenvalue weighted by atomic mass is 9.85. The second-order valence-electron chi connectivity index (χ2n) is 19.3. The lowest BCUT2D eigenvalue weighted by molar-refractivity contribution is -0.183. The van der Waals surface area contributed by atoms with Gasteiger partial charge in [-0.05, 0) is 83.1 Å². The van der Waals surface area contributed by atoms with Crippen LogP contribution in [0.5, 0.6) is 0 Å². The summed E-state index contributed by atoms with van der Waals surface area (Å²) in [7, 11) is 0. The first-order valence-corrected chi connectivity index (χ1v) is 22.4. The van der Waals surface area contributed by atoms with Crippen molar-refractivity contribution in [2.45, 2.75) is 108 Å². The topological polar surface area (TPSA) is 231 Å². The van der Waals surface area contributed by atoms with Crippen molar-refractivity contribution in [3.63, 3.8) is 0 Å². The van der Waals surface area contributed by atoms with Gasteiger partial charge >= 0.3 is 41.8 Å². The van der Waals surface area contributed by atoms with Crippen LogP contribution in [0.2, 0.25) is 0 Å². The van der Waals surface area contributed by atoms with Gasteiger partial charge in [-0.25, -0.2) is 0 Å². The van der Waals surface area contributed by atoms with Crippen molar-refractivity contribution in [1.29, 1.82) is 0 Å². The molecule has 354 valence electrons. The smallest absolute Gasteiger partial charge is 0.322 e. The molecule has 3 rings (SSSR count). The Morgan fingerprint density at radius 3 is 1.03 bits per heavy atom. The van der Waals surface area contributed by atoms with E-state index in [-0.39, 0.29) is 6.54 Å². The zero-order valence-electron chi connectivity index (χ0n) is 37.6. The summed E-state index contributed by atoms with van der Waals surface area (Å²) < 4.78 is 40.7. The van der Waals surface area contributed by atoms with Crippen molar-refractivity contribution >= 4 is 101 Å². The number of amides is 2. The normalized spacial score (nSPS) is 21.7. The van der Waals surface area contributed by atoms with Gasteiger partial charge in [0.1, 0.15) is 75.5 Å². The van der Waals surface area contributed by atoms with Gasteiger partial charge in [0.05, 0.1) is 36.0 Å². The third-order valence-electron chi connectivity index (χ3n) is 10.2. The molecular weight excluding hydrogens is 1030 g/mol. The van der Waals surface area contributed by atoms with Crippen molar-refractivity contribution in [2.75, 3.05) is 52.8 Å². The van der Waals surface area contributed by atoms with Crippen LogP contribution in [0.3, 0.4) is 0 Å². The first-order chi connectivity index (χ1) is 28.6. The van der Waals surface area contributed by atoms with Crippen LogP contribution in [-0.2, 0) is 81.0 Å². The van der Waals surface area contributed by atoms with Crippen LogP contribution in [-0.4, -0.2) is 136 Å². The fraction of sp³-hybridized carbons (Fsp3) is 0.738. The number of alkyl halides is 3. The van der Waals surface area contributed by atoms with Crippen molar-refractivity contribution in [3.8, 4) is 0 Å². The van der Waals surface area contributed by atoms with Crippen molar-refractivity contribution in [1.82, 2.24) is 4.90 Å². The Hall–Kier alpha value is -3.43. The van der Waals surface area contributed by atoms with E-state index < -0.39 is 159 Å². The summed E-state index contributed by atoms with van der Waals surface area (Å²) >= 11 is 9.60. The number of fused-ring (bicyclic) bond motifs is 5. The van der Waals surface area contributed by atoms with Gasteiger partial charge in [0.15, 0.2) is 0 Å². The first kappa shape index (κ1) is 53.9. The molecule has 63 heavy (non-hydrogen) atoms. The van der Waals surface area contributed by atoms with Gasteiger partial charge in [-0.15, -0.1) is 0 Å². The van der Waals surface area contributed by atoms with E-state index in [0.29, 0.717) is 0 Å². The Labute approximate surface area is 392 Å². The van der Waals surface area contributed by atoms with Gasteiger partial charge in [0.2, 0.25) is 11.8 Å². The largest absolute Gasteiger partial charge is 0.464 e. The number of halogens is 3. The zero-order chi connectivity index (χ0) is 48.3. The van der Waals surface area contributed by atoms with E-state index >= 15 is 0 Å². The Bertz CT molecular complexity index is 1680. The zero-order valence-corrected chi connectivity index (χ0v) is 42.4. The number of rotatable bonds is 21. The molecule has 3 heterocycles. The number of hydrogen-bond donors (Lipinski definition) is 0. The molecule has 0 aromatic carbocycles. The summed E-state index contributed by atoms with van der Waals surface area (Å²) in [5.74, 6) is -8.58. The number of carbonyl (C=O) groups excluding carboxylic acids is 9. The third-order valence-corrected chi connectivity index (χ3v) is 11.2. The summed E-state index contributed by atoms with van der Waals surface area (Å²) in [6, 6.07) is 0. The predicted octanol–water partition coefficient (Wildman–Crippen LogP) is 4.31. The van der Waals surface area contributed by atoms with Crippen LogP contribution in [0.15, 0.2) is 12.2 Å². The molecule has 0 aliphatic carbocycles. The molecule has 2 bridgehead atoms. The molecule has 21 heteroatoms. The van der Waals surface area contributed by atoms with E-state index in [1.807, 2.05) is 0 Å². The highest BCUT2D eigenvalue weighted by atomic mass is 79.9. The molecule has 3 aliphatic heterocycles. The highest BCUT2D eigenvalue weighted by Gasteiger charge is 2.60. The summed E-state index contributed by atoms with van der Waals surface area (Å²) in [6.45, 7) is 12.7. The Morgan fingerprint density at radius 1 is 0.476 bits per heavy atom. The minimum Gasteiger partial charge on any atom is -0.464 e. The van der Waals surface area contributed by atoms with Crippen LogP contribution in [0.1, 0.15) is 83.1 Å². The molecular formula is C42H58Br3NO17. The van der Waals surface area contributed by atoms with E-state index in [9.17, 15) is 43.2 Å². The molecule has 4 unspecified atom stereocenters. The lowest BCUT2D eigenvalue weighted by Crippen LogP contribution is -2.48. The summed E-state index contributed by atoms with van der Waals surface area (Å²) in [5, 5.41) is 0. The minimum atomic E-state index is -2.03. The molecule has 0 N–H and O–H groups in total. The first-order valence-electron chi connectivity index (χ1n) is 20.0. The number of nitrogens with zero attached hydrogens (tertiary/aromatic N) is 1. The molecule has 0 radical (unpaired) electrons. The van der Waals surface area contributed by atoms with Gasteiger partial charge in [-0.2, -0.15) is 0 Å². The molecule has 0 spiro atoms. The molecule has 6 atom stereocenters. The number of hydrogen-bond acceptors (Lipinski definition) is 17. The van der Waals surface area contributed by atoms with Crippen molar-refractivity contribution in [3.05, 3.63) is 12.2 Å². The SMILES string of the molecule is CC(C)(C)C(=O)OCC(C)(COC(=O)C(C)(C)Br)C(=O)OCC(C)(COC(=O)C(C)(COC(=O)C(C)(C)Br)COC(=O)C(C)(C)Br)C(=O)OCCN1C(=O)[C@H]2C3C=CC(O3)[C@@H]2C1=O. The van der Waals surface area contributed by atoms with Gasteiger partial charge in [-0.1, -0.05) is 59.9 Å². The molecule has 3 aliphatic rings. The minimum absolute atomic E-state index is 0.319. The molecule has 2 amide bonds.